The summed E-state index contributed by atoms with van der Waals surface area (Å²) in [5.41, 5.74) is 2.05. The van der Waals surface area contributed by atoms with E-state index in [9.17, 15) is 0 Å². The van der Waals surface area contributed by atoms with Crippen molar-refractivity contribution < 1.29 is 9.47 Å². The van der Waals surface area contributed by atoms with E-state index < -0.39 is 0 Å². The van der Waals surface area contributed by atoms with Crippen LogP contribution < -0.4 is 10.1 Å². The molecule has 1 N–H and O–H groups in total. The first kappa shape index (κ1) is 12.8. The van der Waals surface area contributed by atoms with Crippen LogP contribution in [0.4, 0.5) is 5.69 Å². The Balaban J connectivity index is 2.67. The molecule has 0 radical (unpaired) electrons. The molecular weight excluding hydrogens is 204 g/mol. The summed E-state index contributed by atoms with van der Waals surface area (Å²) in [7, 11) is 3.34. The lowest BCUT2D eigenvalue weighted by Gasteiger charge is -2.16. The molecule has 4 heteroatoms. The number of rotatable bonds is 6. The largest absolute Gasteiger partial charge is 0.480 e. The molecule has 0 fully saturated rings. The van der Waals surface area contributed by atoms with Crippen LogP contribution in [0, 0.1) is 6.92 Å². The standard InChI is InChI=1S/C12H20N2O2/c1-9-7-11(12(16-4)13-8-9)14-10(2)5-6-15-3/h7-8,10,14H,5-6H2,1-4H3. The number of hydrogen-bond donors (Lipinski definition) is 1. The Kier molecular flexibility index (Phi) is 5.05. The number of methoxy groups -OCH3 is 2. The van der Waals surface area contributed by atoms with Crippen molar-refractivity contribution in [2.45, 2.75) is 26.3 Å². The Labute approximate surface area is 97.0 Å². The van der Waals surface area contributed by atoms with Gasteiger partial charge in [0, 0.05) is 26.0 Å². The zero-order valence-electron chi connectivity index (χ0n) is 10.4. The monoisotopic (exact) mass is 224 g/mol. The second-order valence-electron chi connectivity index (χ2n) is 3.90. The molecule has 1 unspecified atom stereocenters. The highest BCUT2D eigenvalue weighted by Crippen LogP contribution is 2.23. The fraction of sp³-hybridized carbons (Fsp3) is 0.583. The van der Waals surface area contributed by atoms with Crippen LogP contribution in [-0.4, -0.2) is 31.9 Å². The minimum atomic E-state index is 0.331. The van der Waals surface area contributed by atoms with Gasteiger partial charge in [-0.15, -0.1) is 0 Å². The minimum absolute atomic E-state index is 0.331. The Morgan fingerprint density at radius 1 is 1.44 bits per heavy atom. The Morgan fingerprint density at radius 2 is 2.19 bits per heavy atom. The third kappa shape index (κ3) is 3.70. The number of pyridine rings is 1. The smallest absolute Gasteiger partial charge is 0.237 e. The lowest BCUT2D eigenvalue weighted by Crippen LogP contribution is -2.18. The molecule has 4 nitrogen and oxygen atoms in total. The van der Waals surface area contributed by atoms with Gasteiger partial charge in [0.05, 0.1) is 12.8 Å². The molecule has 1 aromatic heterocycles. The van der Waals surface area contributed by atoms with Crippen LogP contribution in [0.3, 0.4) is 0 Å². The quantitative estimate of drug-likeness (QED) is 0.804. The van der Waals surface area contributed by atoms with E-state index in [1.165, 1.54) is 0 Å². The molecule has 90 valence electrons. The molecule has 1 atom stereocenters. The average Bonchev–Trinajstić information content (AvgIpc) is 2.27. The van der Waals surface area contributed by atoms with Crippen molar-refractivity contribution >= 4 is 5.69 Å². The number of aromatic nitrogens is 1. The molecule has 0 bridgehead atoms. The van der Waals surface area contributed by atoms with Crippen molar-refractivity contribution in [2.24, 2.45) is 0 Å². The van der Waals surface area contributed by atoms with Crippen molar-refractivity contribution in [1.82, 2.24) is 4.98 Å². The van der Waals surface area contributed by atoms with Gasteiger partial charge in [0.25, 0.3) is 0 Å². The SMILES string of the molecule is COCCC(C)Nc1cc(C)cnc1OC. The number of nitrogens with zero attached hydrogens (tertiary/aromatic N) is 1. The summed E-state index contributed by atoms with van der Waals surface area (Å²) in [5, 5.41) is 3.37. The summed E-state index contributed by atoms with van der Waals surface area (Å²) in [6.07, 6.45) is 2.75. The highest BCUT2D eigenvalue weighted by atomic mass is 16.5. The molecule has 1 aromatic rings. The van der Waals surface area contributed by atoms with Crippen molar-refractivity contribution in [3.63, 3.8) is 0 Å². The van der Waals surface area contributed by atoms with E-state index in [-0.39, 0.29) is 0 Å². The van der Waals surface area contributed by atoms with Crippen molar-refractivity contribution in [3.05, 3.63) is 17.8 Å². The van der Waals surface area contributed by atoms with Gasteiger partial charge in [0.1, 0.15) is 0 Å². The van der Waals surface area contributed by atoms with Gasteiger partial charge in [-0.25, -0.2) is 4.98 Å². The molecule has 0 aliphatic carbocycles. The second-order valence-corrected chi connectivity index (χ2v) is 3.90. The average molecular weight is 224 g/mol. The fourth-order valence-corrected chi connectivity index (χ4v) is 1.45. The highest BCUT2D eigenvalue weighted by molar-refractivity contribution is 5.54. The van der Waals surface area contributed by atoms with Gasteiger partial charge in [0.15, 0.2) is 0 Å². The maximum Gasteiger partial charge on any atom is 0.237 e. The van der Waals surface area contributed by atoms with Gasteiger partial charge >= 0.3 is 0 Å². The predicted octanol–water partition coefficient (Wildman–Crippen LogP) is 2.24. The number of aryl methyl sites for hydroxylation is 1. The topological polar surface area (TPSA) is 43.4 Å². The zero-order chi connectivity index (χ0) is 12.0. The summed E-state index contributed by atoms with van der Waals surface area (Å²) in [5.74, 6) is 0.634. The van der Waals surface area contributed by atoms with E-state index in [2.05, 4.69) is 17.2 Å². The maximum atomic E-state index is 5.20. The molecule has 0 aliphatic rings. The normalized spacial score (nSPS) is 12.2. The van der Waals surface area contributed by atoms with E-state index in [4.69, 9.17) is 9.47 Å². The van der Waals surface area contributed by atoms with E-state index in [0.29, 0.717) is 11.9 Å². The van der Waals surface area contributed by atoms with Gasteiger partial charge in [0.2, 0.25) is 5.88 Å². The number of hydrogen-bond acceptors (Lipinski definition) is 4. The van der Waals surface area contributed by atoms with Crippen LogP contribution in [0.1, 0.15) is 18.9 Å². The Hall–Kier alpha value is -1.29. The Morgan fingerprint density at radius 3 is 2.81 bits per heavy atom. The first-order valence-electron chi connectivity index (χ1n) is 5.43. The third-order valence-corrected chi connectivity index (χ3v) is 2.34. The van der Waals surface area contributed by atoms with Crippen molar-refractivity contribution in [1.29, 1.82) is 0 Å². The molecule has 0 aliphatic heterocycles. The lowest BCUT2D eigenvalue weighted by atomic mass is 10.2. The molecule has 16 heavy (non-hydrogen) atoms. The van der Waals surface area contributed by atoms with Gasteiger partial charge in [-0.1, -0.05) is 0 Å². The molecule has 0 saturated heterocycles. The summed E-state index contributed by atoms with van der Waals surface area (Å²) in [4.78, 5) is 4.21. The van der Waals surface area contributed by atoms with Gasteiger partial charge in [-0.2, -0.15) is 0 Å². The van der Waals surface area contributed by atoms with Gasteiger partial charge in [-0.3, -0.25) is 0 Å². The fourth-order valence-electron chi connectivity index (χ4n) is 1.45. The molecular formula is C12H20N2O2. The van der Waals surface area contributed by atoms with Crippen molar-refractivity contribution in [3.8, 4) is 5.88 Å². The van der Waals surface area contributed by atoms with Crippen molar-refractivity contribution in [2.75, 3.05) is 26.1 Å². The van der Waals surface area contributed by atoms with Crippen LogP contribution in [0.25, 0.3) is 0 Å². The summed E-state index contributed by atoms with van der Waals surface area (Å²) >= 11 is 0. The zero-order valence-corrected chi connectivity index (χ0v) is 10.4. The molecule has 0 spiro atoms. The maximum absolute atomic E-state index is 5.20. The van der Waals surface area contributed by atoms with Crippen LogP contribution >= 0.6 is 0 Å². The molecule has 0 amide bonds. The highest BCUT2D eigenvalue weighted by Gasteiger charge is 2.08. The first-order chi connectivity index (χ1) is 7.67. The lowest BCUT2D eigenvalue weighted by molar-refractivity contribution is 0.191. The predicted molar refractivity (Wildman–Crippen MR) is 65.1 cm³/mol. The van der Waals surface area contributed by atoms with E-state index in [0.717, 1.165) is 24.3 Å². The molecule has 0 saturated carbocycles. The first-order valence-corrected chi connectivity index (χ1v) is 5.43. The third-order valence-electron chi connectivity index (χ3n) is 2.34. The second kappa shape index (κ2) is 6.33. The summed E-state index contributed by atoms with van der Waals surface area (Å²) < 4.78 is 10.2. The summed E-state index contributed by atoms with van der Waals surface area (Å²) in [6, 6.07) is 2.37. The van der Waals surface area contributed by atoms with Crippen LogP contribution in [-0.2, 0) is 4.74 Å². The van der Waals surface area contributed by atoms with Crippen LogP contribution in [0.5, 0.6) is 5.88 Å². The number of anilines is 1. The van der Waals surface area contributed by atoms with Gasteiger partial charge in [-0.05, 0) is 31.9 Å². The Bertz CT molecular complexity index is 329. The number of ether oxygens (including phenoxy) is 2. The van der Waals surface area contributed by atoms with E-state index in [1.807, 2.05) is 13.0 Å². The van der Waals surface area contributed by atoms with Crippen LogP contribution in [0.2, 0.25) is 0 Å². The number of nitrogens with one attached hydrogen (secondary N) is 1. The van der Waals surface area contributed by atoms with E-state index >= 15 is 0 Å². The van der Waals surface area contributed by atoms with E-state index in [1.54, 1.807) is 20.4 Å². The summed E-state index contributed by atoms with van der Waals surface area (Å²) in [6.45, 7) is 4.87. The van der Waals surface area contributed by atoms with Gasteiger partial charge < -0.3 is 14.8 Å². The molecule has 1 heterocycles. The minimum Gasteiger partial charge on any atom is -0.480 e. The van der Waals surface area contributed by atoms with Crippen LogP contribution in [0.15, 0.2) is 12.3 Å². The molecule has 1 rings (SSSR count). The molecule has 0 aromatic carbocycles.